The molecule has 3 aliphatic rings. The lowest BCUT2D eigenvalue weighted by molar-refractivity contribution is -0.148. The lowest BCUT2D eigenvalue weighted by atomic mass is 9.75. The van der Waals surface area contributed by atoms with E-state index in [0.717, 1.165) is 24.8 Å². The largest absolute Gasteiger partial charge is 0.495 e. The van der Waals surface area contributed by atoms with Crippen LogP contribution >= 0.6 is 31.9 Å². The number of benzene rings is 2. The Kier molecular flexibility index (Phi) is 7.81. The van der Waals surface area contributed by atoms with Gasteiger partial charge in [0.25, 0.3) is 0 Å². The first kappa shape index (κ1) is 28.4. The molecule has 1 N–H and O–H groups in total. The molecule has 4 atom stereocenters. The van der Waals surface area contributed by atoms with Crippen LogP contribution in [0.3, 0.4) is 0 Å². The minimum atomic E-state index is -0.833. The number of aliphatic hydroxyl groups excluding tert-OH is 1. The lowest BCUT2D eigenvalue weighted by Crippen LogP contribution is -2.37. The molecular weight excluding hydrogens is 632 g/mol. The number of ether oxygens (including phenoxy) is 4. The van der Waals surface area contributed by atoms with E-state index in [1.165, 1.54) is 13.5 Å². The van der Waals surface area contributed by atoms with Gasteiger partial charge >= 0.3 is 11.9 Å². The van der Waals surface area contributed by atoms with E-state index >= 15 is 0 Å². The summed E-state index contributed by atoms with van der Waals surface area (Å²) in [6, 6.07) is 3.32. The van der Waals surface area contributed by atoms with Gasteiger partial charge in [-0.1, -0.05) is 20.3 Å². The number of halogens is 2. The van der Waals surface area contributed by atoms with Crippen LogP contribution in [-0.4, -0.2) is 24.2 Å². The Balaban J connectivity index is 1.60. The molecule has 2 saturated carbocycles. The zero-order chi connectivity index (χ0) is 28.2. The highest BCUT2D eigenvalue weighted by atomic mass is 79.9. The van der Waals surface area contributed by atoms with Gasteiger partial charge in [-0.05, 0) is 107 Å². The molecule has 2 bridgehead atoms. The fourth-order valence-electron chi connectivity index (χ4n) is 6.46. The van der Waals surface area contributed by atoms with Crippen molar-refractivity contribution in [3.05, 3.63) is 43.3 Å². The second-order valence-electron chi connectivity index (χ2n) is 11.7. The first-order chi connectivity index (χ1) is 18.5. The second-order valence-corrected chi connectivity index (χ2v) is 13.2. The number of carbonyl (C=O) groups is 2. The zero-order valence-corrected chi connectivity index (χ0v) is 26.0. The Morgan fingerprint density at radius 2 is 1.95 bits per heavy atom. The Hall–Kier alpha value is -2.10. The molecule has 7 nitrogen and oxygen atoms in total. The molecule has 5 rings (SSSR count). The maximum atomic E-state index is 13.7. The molecule has 2 fully saturated rings. The van der Waals surface area contributed by atoms with Crippen LogP contribution in [0.1, 0.15) is 86.0 Å². The Morgan fingerprint density at radius 1 is 1.21 bits per heavy atom. The van der Waals surface area contributed by atoms with Gasteiger partial charge in [0.2, 0.25) is 0 Å². The summed E-state index contributed by atoms with van der Waals surface area (Å²) < 4.78 is 25.2. The van der Waals surface area contributed by atoms with Gasteiger partial charge in [0.15, 0.2) is 11.5 Å². The molecule has 1 heterocycles. The summed E-state index contributed by atoms with van der Waals surface area (Å²) in [5, 5.41) is 10.9. The van der Waals surface area contributed by atoms with Crippen molar-refractivity contribution in [2.45, 2.75) is 72.5 Å². The minimum absolute atomic E-state index is 0.0774. The summed E-state index contributed by atoms with van der Waals surface area (Å²) >= 11 is 7.25. The molecular formula is C30H34Br2O7. The maximum Gasteiger partial charge on any atom is 0.346 e. The first-order valence-corrected chi connectivity index (χ1v) is 15.0. The second kappa shape index (κ2) is 10.7. The van der Waals surface area contributed by atoms with Crippen LogP contribution in [0.15, 0.2) is 21.1 Å². The summed E-state index contributed by atoms with van der Waals surface area (Å²) in [6.07, 6.45) is 3.76. The van der Waals surface area contributed by atoms with Crippen LogP contribution < -0.4 is 14.2 Å². The minimum Gasteiger partial charge on any atom is -0.495 e. The third kappa shape index (κ3) is 4.88. The number of methoxy groups -OCH3 is 1. The van der Waals surface area contributed by atoms with Gasteiger partial charge in [-0.25, -0.2) is 4.79 Å². The summed E-state index contributed by atoms with van der Waals surface area (Å²) in [4.78, 5) is 27.0. The van der Waals surface area contributed by atoms with Crippen molar-refractivity contribution in [2.75, 3.05) is 7.11 Å². The molecule has 0 aromatic heterocycles. The van der Waals surface area contributed by atoms with Gasteiger partial charge in [-0.2, -0.15) is 0 Å². The average molecular weight is 666 g/mol. The highest BCUT2D eigenvalue weighted by Crippen LogP contribution is 2.57. The number of fused-ring (bicyclic) bond motifs is 4. The number of carbonyl (C=O) groups excluding carboxylic acids is 2. The van der Waals surface area contributed by atoms with E-state index in [0.29, 0.717) is 38.3 Å². The molecule has 210 valence electrons. The van der Waals surface area contributed by atoms with Gasteiger partial charge in [0, 0.05) is 10.0 Å². The number of aliphatic hydroxyl groups is 1. The standard InChI is InChI=1S/C30H34Br2O7/c1-14(2)10-20(33)18-8-9-21-22(25(18)36-5)28(34)37-13-19-23(31)15(3)24(32)27(26(19)38-21)39-29(35)30(4)12-16-6-7-17(30)11-16/h8-9,14,16-17,20,33H,6-7,10-13H2,1-5H3/t16?,17?,20-,30?/m0/s1. The van der Waals surface area contributed by atoms with E-state index in [-0.39, 0.29) is 47.1 Å². The van der Waals surface area contributed by atoms with Crippen LogP contribution in [0.5, 0.6) is 23.0 Å². The molecule has 9 heteroatoms. The Morgan fingerprint density at radius 3 is 2.56 bits per heavy atom. The predicted octanol–water partition coefficient (Wildman–Crippen LogP) is 7.80. The third-order valence-electron chi connectivity index (χ3n) is 8.59. The molecule has 1 aliphatic heterocycles. The van der Waals surface area contributed by atoms with Gasteiger partial charge in [0.1, 0.15) is 23.7 Å². The Labute approximate surface area is 245 Å². The number of rotatable bonds is 6. The number of hydrogen-bond donors (Lipinski definition) is 1. The van der Waals surface area contributed by atoms with Crippen LogP contribution in [0.2, 0.25) is 0 Å². The molecule has 2 aromatic rings. The van der Waals surface area contributed by atoms with E-state index in [2.05, 4.69) is 31.9 Å². The first-order valence-electron chi connectivity index (χ1n) is 13.4. The quantitative estimate of drug-likeness (QED) is 0.249. The van der Waals surface area contributed by atoms with Gasteiger partial charge in [0.05, 0.1) is 28.7 Å². The van der Waals surface area contributed by atoms with Crippen molar-refractivity contribution < 1.29 is 33.6 Å². The number of esters is 2. The molecule has 2 aliphatic carbocycles. The van der Waals surface area contributed by atoms with Crippen LogP contribution in [0, 0.1) is 30.1 Å². The normalized spacial score (nSPS) is 24.3. The van der Waals surface area contributed by atoms with Gasteiger partial charge < -0.3 is 24.1 Å². The maximum absolute atomic E-state index is 13.7. The topological polar surface area (TPSA) is 91.3 Å². The highest BCUT2D eigenvalue weighted by Gasteiger charge is 2.53. The molecule has 0 spiro atoms. The molecule has 39 heavy (non-hydrogen) atoms. The van der Waals surface area contributed by atoms with Crippen molar-refractivity contribution in [3.63, 3.8) is 0 Å². The number of cyclic esters (lactones) is 1. The van der Waals surface area contributed by atoms with Crippen molar-refractivity contribution in [3.8, 4) is 23.0 Å². The molecule has 0 saturated heterocycles. The molecule has 0 radical (unpaired) electrons. The van der Waals surface area contributed by atoms with Crippen molar-refractivity contribution >= 4 is 43.8 Å². The third-order valence-corrected chi connectivity index (χ3v) is 10.6. The van der Waals surface area contributed by atoms with Crippen molar-refractivity contribution in [1.29, 1.82) is 0 Å². The summed E-state index contributed by atoms with van der Waals surface area (Å²) in [7, 11) is 1.45. The molecule has 3 unspecified atom stereocenters. The summed E-state index contributed by atoms with van der Waals surface area (Å²) in [5.41, 5.74) is 1.35. The van der Waals surface area contributed by atoms with Crippen LogP contribution in [0.4, 0.5) is 0 Å². The number of hydrogen-bond acceptors (Lipinski definition) is 7. The fourth-order valence-corrected chi connectivity index (χ4v) is 7.67. The van der Waals surface area contributed by atoms with Crippen LogP contribution in [-0.2, 0) is 16.1 Å². The SMILES string of the molecule is COc1c([C@@H](O)CC(C)C)ccc2c1C(=O)OCc1c(Br)c(C)c(Br)c(OC(=O)C3(C)CC4CCC3C4)c1O2. The predicted molar refractivity (Wildman–Crippen MR) is 152 cm³/mol. The van der Waals surface area contributed by atoms with E-state index in [1.807, 2.05) is 27.7 Å². The molecule has 0 amide bonds. The smallest absolute Gasteiger partial charge is 0.346 e. The summed E-state index contributed by atoms with van der Waals surface area (Å²) in [5.74, 6) is 1.13. The monoisotopic (exact) mass is 664 g/mol. The zero-order valence-electron chi connectivity index (χ0n) is 22.9. The highest BCUT2D eigenvalue weighted by molar-refractivity contribution is 9.11. The fraction of sp³-hybridized carbons (Fsp3) is 0.533. The van der Waals surface area contributed by atoms with E-state index in [4.69, 9.17) is 18.9 Å². The van der Waals surface area contributed by atoms with Crippen molar-refractivity contribution in [2.24, 2.45) is 23.2 Å². The van der Waals surface area contributed by atoms with E-state index in [9.17, 15) is 14.7 Å². The van der Waals surface area contributed by atoms with E-state index in [1.54, 1.807) is 12.1 Å². The van der Waals surface area contributed by atoms with E-state index < -0.39 is 17.5 Å². The summed E-state index contributed by atoms with van der Waals surface area (Å²) in [6.45, 7) is 7.79. The lowest BCUT2D eigenvalue weighted by Gasteiger charge is -2.32. The Bertz CT molecular complexity index is 1340. The van der Waals surface area contributed by atoms with Crippen molar-refractivity contribution in [1.82, 2.24) is 0 Å². The van der Waals surface area contributed by atoms with Gasteiger partial charge in [-0.15, -0.1) is 0 Å². The average Bonchev–Trinajstić information content (AvgIpc) is 3.48. The van der Waals surface area contributed by atoms with Gasteiger partial charge in [-0.3, -0.25) is 4.79 Å². The molecule has 2 aromatic carbocycles. The van der Waals surface area contributed by atoms with Crippen LogP contribution in [0.25, 0.3) is 0 Å².